The lowest BCUT2D eigenvalue weighted by Gasteiger charge is -2.22. The van der Waals surface area contributed by atoms with Crippen molar-refractivity contribution in [1.29, 1.82) is 0 Å². The molecule has 1 aliphatic rings. The van der Waals surface area contributed by atoms with E-state index < -0.39 is 0 Å². The van der Waals surface area contributed by atoms with E-state index in [0.29, 0.717) is 5.92 Å². The first-order chi connectivity index (χ1) is 6.79. The van der Waals surface area contributed by atoms with Crippen molar-refractivity contribution >= 4 is 21.6 Å². The molecule has 1 fully saturated rings. The zero-order valence-corrected chi connectivity index (χ0v) is 9.76. The van der Waals surface area contributed by atoms with Gasteiger partial charge in [0.2, 0.25) is 0 Å². The molecule has 0 radical (unpaired) electrons. The molecule has 1 saturated carbocycles. The summed E-state index contributed by atoms with van der Waals surface area (Å²) in [7, 11) is 0. The summed E-state index contributed by atoms with van der Waals surface area (Å²) in [5.41, 5.74) is 7.80. The molecule has 2 rings (SSSR count). The Bertz CT molecular complexity index is 319. The van der Waals surface area contributed by atoms with Crippen molar-refractivity contribution in [3.63, 3.8) is 0 Å². The minimum absolute atomic E-state index is 0.613. The Balaban J connectivity index is 2.26. The molecule has 0 aliphatic heterocycles. The van der Waals surface area contributed by atoms with Gasteiger partial charge in [0, 0.05) is 17.8 Å². The van der Waals surface area contributed by atoms with Gasteiger partial charge in [-0.25, -0.2) is 0 Å². The Kier molecular flexibility index (Phi) is 3.06. The third-order valence-corrected chi connectivity index (χ3v) is 3.80. The minimum atomic E-state index is 0.613. The first-order valence-electron chi connectivity index (χ1n) is 5.19. The van der Waals surface area contributed by atoms with Crippen LogP contribution in [0.15, 0.2) is 16.7 Å². The maximum absolute atomic E-state index is 5.84. The summed E-state index contributed by atoms with van der Waals surface area (Å²) in [4.78, 5) is 4.44. The molecule has 1 aromatic rings. The molecule has 0 aromatic carbocycles. The summed E-state index contributed by atoms with van der Waals surface area (Å²) in [5.74, 6) is 0.613. The zero-order valence-electron chi connectivity index (χ0n) is 8.17. The Morgan fingerprint density at radius 2 is 2.00 bits per heavy atom. The molecule has 0 unspecified atom stereocenters. The first kappa shape index (κ1) is 9.97. The molecular weight excluding hydrogens is 240 g/mol. The molecule has 2 N–H and O–H groups in total. The number of rotatable bonds is 1. The van der Waals surface area contributed by atoms with Gasteiger partial charge in [0.15, 0.2) is 0 Å². The molecule has 76 valence electrons. The van der Waals surface area contributed by atoms with E-state index in [4.69, 9.17) is 5.73 Å². The smallest absolute Gasteiger partial charge is 0.0623 e. The number of nitrogen functional groups attached to an aromatic ring is 1. The van der Waals surface area contributed by atoms with Crippen LogP contribution in [0.5, 0.6) is 0 Å². The predicted molar refractivity (Wildman–Crippen MR) is 62.2 cm³/mol. The molecule has 0 atom stereocenters. The summed E-state index contributed by atoms with van der Waals surface area (Å²) < 4.78 is 1.01. The lowest BCUT2D eigenvalue weighted by Crippen LogP contribution is -2.08. The number of nitrogens with zero attached hydrogens (tertiary/aromatic N) is 1. The molecule has 0 saturated heterocycles. The van der Waals surface area contributed by atoms with Crippen LogP contribution in [0.1, 0.15) is 43.7 Å². The number of pyridine rings is 1. The van der Waals surface area contributed by atoms with Crippen LogP contribution in [0.2, 0.25) is 0 Å². The minimum Gasteiger partial charge on any atom is -0.398 e. The molecular formula is C11H15BrN2. The average Bonchev–Trinajstić information content (AvgIpc) is 2.23. The van der Waals surface area contributed by atoms with Crippen molar-refractivity contribution in [3.8, 4) is 0 Å². The molecule has 1 aromatic heterocycles. The van der Waals surface area contributed by atoms with Gasteiger partial charge in [-0.2, -0.15) is 0 Å². The van der Waals surface area contributed by atoms with Crippen molar-refractivity contribution in [2.24, 2.45) is 0 Å². The molecule has 0 spiro atoms. The van der Waals surface area contributed by atoms with Gasteiger partial charge in [0.05, 0.1) is 10.2 Å². The van der Waals surface area contributed by atoms with Crippen LogP contribution < -0.4 is 5.73 Å². The number of hydrogen-bond donors (Lipinski definition) is 1. The van der Waals surface area contributed by atoms with Crippen LogP contribution in [0, 0.1) is 0 Å². The molecule has 1 aliphatic carbocycles. The molecule has 14 heavy (non-hydrogen) atoms. The molecule has 3 heteroatoms. The quantitative estimate of drug-likeness (QED) is 0.834. The number of hydrogen-bond acceptors (Lipinski definition) is 2. The van der Waals surface area contributed by atoms with Gasteiger partial charge in [-0.15, -0.1) is 0 Å². The normalized spacial score (nSPS) is 18.4. The van der Waals surface area contributed by atoms with Gasteiger partial charge in [-0.3, -0.25) is 4.98 Å². The second kappa shape index (κ2) is 4.30. The largest absolute Gasteiger partial charge is 0.398 e. The lowest BCUT2D eigenvalue weighted by molar-refractivity contribution is 0.435. The van der Waals surface area contributed by atoms with E-state index in [1.165, 1.54) is 32.1 Å². The first-order valence-corrected chi connectivity index (χ1v) is 5.98. The van der Waals surface area contributed by atoms with Crippen molar-refractivity contribution in [1.82, 2.24) is 4.98 Å². The monoisotopic (exact) mass is 254 g/mol. The molecule has 0 amide bonds. The Morgan fingerprint density at radius 1 is 1.29 bits per heavy atom. The summed E-state index contributed by atoms with van der Waals surface area (Å²) in [6.45, 7) is 0. The lowest BCUT2D eigenvalue weighted by atomic mass is 9.86. The average molecular weight is 255 g/mol. The Morgan fingerprint density at radius 3 is 2.71 bits per heavy atom. The second-order valence-corrected chi connectivity index (χ2v) is 4.73. The summed E-state index contributed by atoms with van der Waals surface area (Å²) in [6.07, 6.45) is 8.35. The SMILES string of the molecule is Nc1ccnc(C2CCCCC2)c1Br. The zero-order chi connectivity index (χ0) is 9.97. The summed E-state index contributed by atoms with van der Waals surface area (Å²) in [5, 5.41) is 0. The van der Waals surface area contributed by atoms with Gasteiger partial charge < -0.3 is 5.73 Å². The van der Waals surface area contributed by atoms with Crippen LogP contribution in [-0.4, -0.2) is 4.98 Å². The topological polar surface area (TPSA) is 38.9 Å². The third-order valence-electron chi connectivity index (χ3n) is 2.94. The van der Waals surface area contributed by atoms with E-state index in [1.807, 2.05) is 12.3 Å². The summed E-state index contributed by atoms with van der Waals surface area (Å²) in [6, 6.07) is 1.84. The van der Waals surface area contributed by atoms with Crippen LogP contribution in [0.25, 0.3) is 0 Å². The number of halogens is 1. The fraction of sp³-hybridized carbons (Fsp3) is 0.545. The van der Waals surface area contributed by atoms with E-state index in [9.17, 15) is 0 Å². The van der Waals surface area contributed by atoms with E-state index >= 15 is 0 Å². The fourth-order valence-corrected chi connectivity index (χ4v) is 2.69. The number of aromatic nitrogens is 1. The van der Waals surface area contributed by atoms with Crippen LogP contribution in [0.4, 0.5) is 5.69 Å². The molecule has 2 nitrogen and oxygen atoms in total. The number of nitrogens with two attached hydrogens (primary N) is 1. The van der Waals surface area contributed by atoms with Gasteiger partial charge >= 0.3 is 0 Å². The van der Waals surface area contributed by atoms with Crippen LogP contribution >= 0.6 is 15.9 Å². The van der Waals surface area contributed by atoms with Crippen LogP contribution in [-0.2, 0) is 0 Å². The Labute approximate surface area is 93.0 Å². The van der Waals surface area contributed by atoms with E-state index in [0.717, 1.165) is 15.9 Å². The predicted octanol–water partition coefficient (Wildman–Crippen LogP) is 3.47. The van der Waals surface area contributed by atoms with Crippen molar-refractivity contribution < 1.29 is 0 Å². The highest BCUT2D eigenvalue weighted by atomic mass is 79.9. The molecule has 0 bridgehead atoms. The van der Waals surface area contributed by atoms with E-state index in [-0.39, 0.29) is 0 Å². The van der Waals surface area contributed by atoms with Crippen molar-refractivity contribution in [2.45, 2.75) is 38.0 Å². The van der Waals surface area contributed by atoms with Crippen molar-refractivity contribution in [2.75, 3.05) is 5.73 Å². The third kappa shape index (κ3) is 1.92. The fourth-order valence-electron chi connectivity index (χ4n) is 2.14. The highest BCUT2D eigenvalue weighted by molar-refractivity contribution is 9.10. The van der Waals surface area contributed by atoms with E-state index in [1.54, 1.807) is 0 Å². The van der Waals surface area contributed by atoms with Gasteiger partial charge in [-0.05, 0) is 34.8 Å². The highest BCUT2D eigenvalue weighted by Crippen LogP contribution is 2.36. The Hall–Kier alpha value is -0.570. The van der Waals surface area contributed by atoms with Crippen LogP contribution in [0.3, 0.4) is 0 Å². The van der Waals surface area contributed by atoms with E-state index in [2.05, 4.69) is 20.9 Å². The van der Waals surface area contributed by atoms with Gasteiger partial charge in [0.1, 0.15) is 0 Å². The van der Waals surface area contributed by atoms with Crippen molar-refractivity contribution in [3.05, 3.63) is 22.4 Å². The molecule has 1 heterocycles. The maximum atomic E-state index is 5.84. The second-order valence-electron chi connectivity index (χ2n) is 3.93. The van der Waals surface area contributed by atoms with Gasteiger partial charge in [-0.1, -0.05) is 19.3 Å². The number of anilines is 1. The standard InChI is InChI=1S/C11H15BrN2/c12-10-9(13)6-7-14-11(10)8-4-2-1-3-5-8/h6-8H,1-5H2,(H2,13,14). The maximum Gasteiger partial charge on any atom is 0.0623 e. The summed E-state index contributed by atoms with van der Waals surface area (Å²) >= 11 is 3.53. The van der Waals surface area contributed by atoms with Gasteiger partial charge in [0.25, 0.3) is 0 Å². The highest BCUT2D eigenvalue weighted by Gasteiger charge is 2.19.